The van der Waals surface area contributed by atoms with Gasteiger partial charge in [-0.2, -0.15) is 9.57 Å². The van der Waals surface area contributed by atoms with E-state index in [4.69, 9.17) is 4.74 Å². The molecular weight excluding hydrogens is 468 g/mol. The highest BCUT2D eigenvalue weighted by atomic mass is 32.2. The van der Waals surface area contributed by atoms with Gasteiger partial charge in [-0.05, 0) is 30.7 Å². The molecule has 0 aliphatic carbocycles. The van der Waals surface area contributed by atoms with Crippen molar-refractivity contribution in [2.45, 2.75) is 43.2 Å². The van der Waals surface area contributed by atoms with Crippen molar-refractivity contribution >= 4 is 21.8 Å². The topological polar surface area (TPSA) is 129 Å². The number of benzene rings is 2. The zero-order valence-corrected chi connectivity index (χ0v) is 20.5. The van der Waals surface area contributed by atoms with Crippen LogP contribution in [0.3, 0.4) is 0 Å². The van der Waals surface area contributed by atoms with Crippen LogP contribution >= 0.6 is 0 Å². The van der Waals surface area contributed by atoms with Crippen LogP contribution in [0.1, 0.15) is 42.1 Å². The Labute approximate surface area is 206 Å². The van der Waals surface area contributed by atoms with Gasteiger partial charge in [0.1, 0.15) is 12.1 Å². The first kappa shape index (κ1) is 26.3. The van der Waals surface area contributed by atoms with E-state index in [1.54, 1.807) is 36.4 Å². The van der Waals surface area contributed by atoms with Crippen molar-refractivity contribution in [1.29, 1.82) is 5.26 Å². The van der Waals surface area contributed by atoms with Crippen LogP contribution in [0.15, 0.2) is 59.5 Å². The Morgan fingerprint density at radius 2 is 1.89 bits per heavy atom. The number of nitrogens with one attached hydrogen (secondary N) is 2. The molecule has 1 aliphatic rings. The first-order valence-electron chi connectivity index (χ1n) is 11.6. The van der Waals surface area contributed by atoms with Crippen molar-refractivity contribution < 1.29 is 22.7 Å². The molecule has 2 aromatic carbocycles. The number of amides is 2. The molecule has 1 aliphatic heterocycles. The third-order valence-corrected chi connectivity index (χ3v) is 7.66. The average Bonchev–Trinajstić information content (AvgIpc) is 2.90. The highest BCUT2D eigenvalue weighted by Gasteiger charge is 2.33. The van der Waals surface area contributed by atoms with Gasteiger partial charge < -0.3 is 15.4 Å². The molecule has 0 aromatic heterocycles. The number of unbranched alkanes of at least 4 members (excludes halogenated alkanes) is 1. The van der Waals surface area contributed by atoms with E-state index in [0.717, 1.165) is 12.8 Å². The summed E-state index contributed by atoms with van der Waals surface area (Å²) in [6, 6.07) is 15.9. The van der Waals surface area contributed by atoms with Crippen LogP contribution in [0.5, 0.6) is 0 Å². The minimum absolute atomic E-state index is 0.0401. The lowest BCUT2D eigenvalue weighted by molar-refractivity contribution is -0.124. The molecule has 9 nitrogen and oxygen atoms in total. The summed E-state index contributed by atoms with van der Waals surface area (Å²) >= 11 is 0. The van der Waals surface area contributed by atoms with Gasteiger partial charge in [-0.3, -0.25) is 9.59 Å². The second kappa shape index (κ2) is 12.4. The van der Waals surface area contributed by atoms with Crippen LogP contribution in [-0.4, -0.2) is 62.9 Å². The summed E-state index contributed by atoms with van der Waals surface area (Å²) < 4.78 is 33.2. The van der Waals surface area contributed by atoms with Gasteiger partial charge in [-0.1, -0.05) is 50.1 Å². The Bertz CT molecular complexity index is 1160. The summed E-state index contributed by atoms with van der Waals surface area (Å²) in [6.45, 7) is 2.45. The normalized spacial score (nSPS) is 17.2. The first-order valence-corrected chi connectivity index (χ1v) is 13.0. The summed E-state index contributed by atoms with van der Waals surface area (Å²) in [5.74, 6) is -0.676. The van der Waals surface area contributed by atoms with Gasteiger partial charge in [0, 0.05) is 25.2 Å². The summed E-state index contributed by atoms with van der Waals surface area (Å²) in [7, 11) is -3.89. The summed E-state index contributed by atoms with van der Waals surface area (Å²) in [5, 5.41) is 14.9. The molecule has 3 rings (SSSR count). The van der Waals surface area contributed by atoms with Gasteiger partial charge in [0.15, 0.2) is 0 Å². The maximum absolute atomic E-state index is 13.1. The van der Waals surface area contributed by atoms with Gasteiger partial charge >= 0.3 is 0 Å². The molecule has 1 fully saturated rings. The third-order valence-electron chi connectivity index (χ3n) is 5.73. The standard InChI is InChI=1S/C25H30N4O5S/c1-2-3-12-22(28-24(30)19-9-5-4-6-10-19)25(31)27-17-21-18-29(14-15-34-21)35(32,33)23-13-8-7-11-20(23)16-26/h4-11,13,21-22H,2-3,12,14-15,17-18H2,1H3,(H,27,31)(H,28,30)/t21?,22-/m0/s1. The van der Waals surface area contributed by atoms with Gasteiger partial charge in [0.25, 0.3) is 5.91 Å². The number of hydrogen-bond acceptors (Lipinski definition) is 6. The first-order chi connectivity index (χ1) is 16.9. The molecule has 2 atom stereocenters. The molecule has 2 amide bonds. The van der Waals surface area contributed by atoms with Crippen LogP contribution in [0.2, 0.25) is 0 Å². The molecule has 1 saturated heterocycles. The van der Waals surface area contributed by atoms with E-state index in [1.165, 1.54) is 16.4 Å². The second-order valence-electron chi connectivity index (χ2n) is 8.24. The van der Waals surface area contributed by atoms with Crippen molar-refractivity contribution in [2.75, 3.05) is 26.2 Å². The smallest absolute Gasteiger partial charge is 0.251 e. The molecule has 186 valence electrons. The number of rotatable bonds is 10. The number of sulfonamides is 1. The fourth-order valence-corrected chi connectivity index (χ4v) is 5.40. The lowest BCUT2D eigenvalue weighted by atomic mass is 10.1. The Hall–Kier alpha value is -3.26. The number of carbonyl (C=O) groups excluding carboxylic acids is 2. The minimum Gasteiger partial charge on any atom is -0.374 e. The Morgan fingerprint density at radius 1 is 1.17 bits per heavy atom. The maximum Gasteiger partial charge on any atom is 0.251 e. The van der Waals surface area contributed by atoms with E-state index in [-0.39, 0.29) is 48.5 Å². The third kappa shape index (κ3) is 6.88. The molecule has 0 saturated carbocycles. The van der Waals surface area contributed by atoms with E-state index in [1.807, 2.05) is 19.1 Å². The van der Waals surface area contributed by atoms with E-state index >= 15 is 0 Å². The number of morpholine rings is 1. The molecular formula is C25H30N4O5S. The number of hydrogen-bond donors (Lipinski definition) is 2. The zero-order valence-electron chi connectivity index (χ0n) is 19.6. The predicted molar refractivity (Wildman–Crippen MR) is 130 cm³/mol. The number of ether oxygens (including phenoxy) is 1. The molecule has 1 heterocycles. The number of carbonyl (C=O) groups is 2. The number of nitrogens with zero attached hydrogens (tertiary/aromatic N) is 2. The van der Waals surface area contributed by atoms with Crippen LogP contribution in [0.25, 0.3) is 0 Å². The molecule has 0 bridgehead atoms. The van der Waals surface area contributed by atoms with Crippen molar-refractivity contribution in [1.82, 2.24) is 14.9 Å². The summed E-state index contributed by atoms with van der Waals surface area (Å²) in [4.78, 5) is 25.4. The monoisotopic (exact) mass is 498 g/mol. The Balaban J connectivity index is 1.62. The molecule has 1 unspecified atom stereocenters. The molecule has 35 heavy (non-hydrogen) atoms. The van der Waals surface area contributed by atoms with E-state index in [0.29, 0.717) is 12.0 Å². The van der Waals surface area contributed by atoms with Crippen molar-refractivity contribution in [3.05, 3.63) is 65.7 Å². The Morgan fingerprint density at radius 3 is 2.60 bits per heavy atom. The van der Waals surface area contributed by atoms with Gasteiger partial charge in [0.05, 0.1) is 23.2 Å². The lowest BCUT2D eigenvalue weighted by Gasteiger charge is -2.32. The highest BCUT2D eigenvalue weighted by molar-refractivity contribution is 7.89. The van der Waals surface area contributed by atoms with Crippen molar-refractivity contribution in [3.8, 4) is 6.07 Å². The van der Waals surface area contributed by atoms with Crippen LogP contribution in [0.4, 0.5) is 0 Å². The van der Waals surface area contributed by atoms with E-state index in [2.05, 4.69) is 10.6 Å². The van der Waals surface area contributed by atoms with E-state index in [9.17, 15) is 23.3 Å². The van der Waals surface area contributed by atoms with Gasteiger partial charge in [-0.25, -0.2) is 8.42 Å². The molecule has 2 aromatic rings. The highest BCUT2D eigenvalue weighted by Crippen LogP contribution is 2.21. The summed E-state index contributed by atoms with van der Waals surface area (Å²) in [6.07, 6.45) is 1.55. The maximum atomic E-state index is 13.1. The fourth-order valence-electron chi connectivity index (χ4n) is 3.80. The van der Waals surface area contributed by atoms with Crippen molar-refractivity contribution in [2.24, 2.45) is 0 Å². The van der Waals surface area contributed by atoms with E-state index < -0.39 is 22.2 Å². The largest absolute Gasteiger partial charge is 0.374 e. The van der Waals surface area contributed by atoms with Crippen LogP contribution in [-0.2, 0) is 19.6 Å². The van der Waals surface area contributed by atoms with Gasteiger partial charge in [-0.15, -0.1) is 0 Å². The van der Waals surface area contributed by atoms with Crippen LogP contribution < -0.4 is 10.6 Å². The molecule has 10 heteroatoms. The molecule has 0 spiro atoms. The lowest BCUT2D eigenvalue weighted by Crippen LogP contribution is -2.52. The quantitative estimate of drug-likeness (QED) is 0.516. The van der Waals surface area contributed by atoms with Crippen LogP contribution in [0, 0.1) is 11.3 Å². The van der Waals surface area contributed by atoms with Gasteiger partial charge in [0.2, 0.25) is 15.9 Å². The fraction of sp³-hybridized carbons (Fsp3) is 0.400. The second-order valence-corrected chi connectivity index (χ2v) is 10.1. The average molecular weight is 499 g/mol. The number of nitriles is 1. The predicted octanol–water partition coefficient (Wildman–Crippen LogP) is 2.05. The molecule has 2 N–H and O–H groups in total. The summed E-state index contributed by atoms with van der Waals surface area (Å²) in [5.41, 5.74) is 0.549. The van der Waals surface area contributed by atoms with Crippen molar-refractivity contribution in [3.63, 3.8) is 0 Å². The molecule has 0 radical (unpaired) electrons. The zero-order chi connectivity index (χ0) is 25.3. The SMILES string of the molecule is CCCC[C@H](NC(=O)c1ccccc1)C(=O)NCC1CN(S(=O)(=O)c2ccccc2C#N)CCO1. The minimum atomic E-state index is -3.89. The Kier molecular flexibility index (Phi) is 9.37.